The number of benzene rings is 1. The van der Waals surface area contributed by atoms with Crippen LogP contribution >= 0.6 is 0 Å². The molecule has 0 heterocycles. The van der Waals surface area contributed by atoms with Crippen molar-refractivity contribution in [3.63, 3.8) is 0 Å². The molecular formula is C13H21N3O. The summed E-state index contributed by atoms with van der Waals surface area (Å²) in [5.41, 5.74) is 8.20. The minimum atomic E-state index is -0.0518. The predicted octanol–water partition coefficient (Wildman–Crippen LogP) is 1.65. The molecule has 0 saturated carbocycles. The third kappa shape index (κ3) is 4.07. The molecule has 1 aromatic rings. The first kappa shape index (κ1) is 13.5. The molecule has 0 aliphatic rings. The Morgan fingerprint density at radius 3 is 2.76 bits per heavy atom. The Kier molecular flexibility index (Phi) is 5.49. The van der Waals surface area contributed by atoms with Gasteiger partial charge in [0.15, 0.2) is 5.84 Å². The molecule has 0 amide bonds. The van der Waals surface area contributed by atoms with E-state index in [1.54, 1.807) is 0 Å². The van der Waals surface area contributed by atoms with Gasteiger partial charge in [0.05, 0.1) is 6.04 Å². The fraction of sp³-hybridized carbons (Fsp3) is 0.462. The third-order valence-electron chi connectivity index (χ3n) is 2.93. The number of nitrogens with two attached hydrogens (primary N) is 1. The lowest BCUT2D eigenvalue weighted by Crippen LogP contribution is -2.41. The van der Waals surface area contributed by atoms with Crippen molar-refractivity contribution < 1.29 is 5.21 Å². The molecule has 94 valence electrons. The van der Waals surface area contributed by atoms with Crippen LogP contribution in [0.5, 0.6) is 0 Å². The van der Waals surface area contributed by atoms with Crippen LogP contribution in [0.2, 0.25) is 0 Å². The molecule has 0 fully saturated rings. The van der Waals surface area contributed by atoms with E-state index in [-0.39, 0.29) is 11.9 Å². The largest absolute Gasteiger partial charge is 0.409 e. The molecule has 1 aromatic carbocycles. The number of hydrogen-bond donors (Lipinski definition) is 3. The second-order valence-corrected chi connectivity index (χ2v) is 4.12. The first-order valence-corrected chi connectivity index (χ1v) is 5.94. The summed E-state index contributed by atoms with van der Waals surface area (Å²) in [6.07, 6.45) is 1.76. The van der Waals surface area contributed by atoms with Crippen LogP contribution < -0.4 is 11.1 Å². The van der Waals surface area contributed by atoms with Gasteiger partial charge in [0, 0.05) is 0 Å². The van der Waals surface area contributed by atoms with Crippen LogP contribution in [-0.4, -0.2) is 23.6 Å². The average Bonchev–Trinajstić information content (AvgIpc) is 2.36. The van der Waals surface area contributed by atoms with Crippen molar-refractivity contribution >= 4 is 5.84 Å². The first-order valence-electron chi connectivity index (χ1n) is 5.94. The number of nitrogens with zero attached hydrogens (tertiary/aromatic N) is 1. The molecule has 0 aromatic heterocycles. The minimum Gasteiger partial charge on any atom is -0.409 e. The summed E-state index contributed by atoms with van der Waals surface area (Å²) in [6, 6.07) is 8.27. The van der Waals surface area contributed by atoms with Crippen molar-refractivity contribution in [3.8, 4) is 0 Å². The smallest absolute Gasteiger partial charge is 0.156 e. The van der Waals surface area contributed by atoms with Gasteiger partial charge < -0.3 is 16.3 Å². The molecule has 0 radical (unpaired) electrons. The van der Waals surface area contributed by atoms with Crippen molar-refractivity contribution in [1.82, 2.24) is 5.32 Å². The number of nitrogens with one attached hydrogen (secondary N) is 1. The highest BCUT2D eigenvalue weighted by Crippen LogP contribution is 2.07. The number of hydrogen-bond acceptors (Lipinski definition) is 3. The van der Waals surface area contributed by atoms with Gasteiger partial charge in [-0.25, -0.2) is 0 Å². The third-order valence-corrected chi connectivity index (χ3v) is 2.93. The van der Waals surface area contributed by atoms with E-state index in [0.29, 0.717) is 0 Å². The predicted molar refractivity (Wildman–Crippen MR) is 70.4 cm³/mol. The lowest BCUT2D eigenvalue weighted by Gasteiger charge is -2.15. The first-order chi connectivity index (χ1) is 8.19. The number of amidine groups is 1. The maximum Gasteiger partial charge on any atom is 0.156 e. The zero-order valence-electron chi connectivity index (χ0n) is 10.5. The van der Waals surface area contributed by atoms with E-state index in [0.717, 1.165) is 19.4 Å². The van der Waals surface area contributed by atoms with E-state index < -0.39 is 0 Å². The van der Waals surface area contributed by atoms with Gasteiger partial charge in [-0.2, -0.15) is 0 Å². The highest BCUT2D eigenvalue weighted by molar-refractivity contribution is 5.85. The van der Waals surface area contributed by atoms with Crippen molar-refractivity contribution in [2.75, 3.05) is 6.54 Å². The van der Waals surface area contributed by atoms with Gasteiger partial charge in [0.25, 0.3) is 0 Å². The van der Waals surface area contributed by atoms with Gasteiger partial charge in [0.2, 0.25) is 0 Å². The van der Waals surface area contributed by atoms with Gasteiger partial charge in [-0.3, -0.25) is 0 Å². The highest BCUT2D eigenvalue weighted by Gasteiger charge is 2.10. The zero-order chi connectivity index (χ0) is 12.7. The number of aryl methyl sites for hydroxylation is 1. The maximum absolute atomic E-state index is 8.62. The quantitative estimate of drug-likeness (QED) is 0.304. The van der Waals surface area contributed by atoms with Gasteiger partial charge in [-0.15, -0.1) is 0 Å². The van der Waals surface area contributed by atoms with Crippen LogP contribution in [-0.2, 0) is 6.42 Å². The lowest BCUT2D eigenvalue weighted by atomic mass is 10.1. The van der Waals surface area contributed by atoms with Crippen LogP contribution in [0.25, 0.3) is 0 Å². The molecule has 4 heteroatoms. The van der Waals surface area contributed by atoms with Crippen LogP contribution in [0, 0.1) is 6.92 Å². The Labute approximate surface area is 103 Å². The minimum absolute atomic E-state index is 0.0518. The summed E-state index contributed by atoms with van der Waals surface area (Å²) in [7, 11) is 0. The van der Waals surface area contributed by atoms with Gasteiger partial charge in [0.1, 0.15) is 0 Å². The SMILES string of the molecule is CCC(NCCc1ccccc1C)C(N)=NO. The Bertz CT molecular complexity index is 377. The molecule has 1 atom stereocenters. The van der Waals surface area contributed by atoms with Crippen LogP contribution in [0.1, 0.15) is 24.5 Å². The molecule has 0 aliphatic carbocycles. The van der Waals surface area contributed by atoms with Gasteiger partial charge in [-0.1, -0.05) is 36.3 Å². The average molecular weight is 235 g/mol. The second-order valence-electron chi connectivity index (χ2n) is 4.12. The van der Waals surface area contributed by atoms with E-state index in [9.17, 15) is 0 Å². The Hall–Kier alpha value is -1.55. The molecular weight excluding hydrogens is 214 g/mol. The second kappa shape index (κ2) is 6.91. The molecule has 0 bridgehead atoms. The molecule has 0 saturated heterocycles. The standard InChI is InChI=1S/C13H21N3O/c1-3-12(13(14)16-17)15-9-8-11-7-5-4-6-10(11)2/h4-7,12,15,17H,3,8-9H2,1-2H3,(H2,14,16). The Morgan fingerprint density at radius 2 is 2.18 bits per heavy atom. The Morgan fingerprint density at radius 1 is 1.47 bits per heavy atom. The number of oxime groups is 1. The molecule has 0 spiro atoms. The molecule has 4 N–H and O–H groups in total. The van der Waals surface area contributed by atoms with Crippen LogP contribution in [0.15, 0.2) is 29.4 Å². The normalized spacial score (nSPS) is 13.6. The summed E-state index contributed by atoms with van der Waals surface area (Å²) in [6.45, 7) is 4.93. The topological polar surface area (TPSA) is 70.6 Å². The molecule has 0 aliphatic heterocycles. The Balaban J connectivity index is 2.44. The van der Waals surface area contributed by atoms with Crippen LogP contribution in [0.3, 0.4) is 0 Å². The number of rotatable bonds is 6. The van der Waals surface area contributed by atoms with Crippen molar-refractivity contribution in [2.45, 2.75) is 32.7 Å². The highest BCUT2D eigenvalue weighted by atomic mass is 16.4. The lowest BCUT2D eigenvalue weighted by molar-refractivity contribution is 0.314. The molecule has 4 nitrogen and oxygen atoms in total. The molecule has 1 rings (SSSR count). The fourth-order valence-corrected chi connectivity index (χ4v) is 1.80. The van der Waals surface area contributed by atoms with Gasteiger partial charge in [-0.05, 0) is 37.4 Å². The van der Waals surface area contributed by atoms with E-state index in [4.69, 9.17) is 10.9 Å². The van der Waals surface area contributed by atoms with E-state index in [2.05, 4.69) is 29.5 Å². The van der Waals surface area contributed by atoms with Crippen molar-refractivity contribution in [1.29, 1.82) is 0 Å². The summed E-state index contributed by atoms with van der Waals surface area (Å²) < 4.78 is 0. The van der Waals surface area contributed by atoms with Crippen molar-refractivity contribution in [2.24, 2.45) is 10.9 Å². The van der Waals surface area contributed by atoms with Crippen molar-refractivity contribution in [3.05, 3.63) is 35.4 Å². The summed E-state index contributed by atoms with van der Waals surface area (Å²) in [5.74, 6) is 0.247. The fourth-order valence-electron chi connectivity index (χ4n) is 1.80. The summed E-state index contributed by atoms with van der Waals surface area (Å²) in [5, 5.41) is 14.9. The summed E-state index contributed by atoms with van der Waals surface area (Å²) in [4.78, 5) is 0. The zero-order valence-corrected chi connectivity index (χ0v) is 10.5. The van der Waals surface area contributed by atoms with E-state index in [1.807, 2.05) is 19.1 Å². The molecule has 1 unspecified atom stereocenters. The maximum atomic E-state index is 8.62. The van der Waals surface area contributed by atoms with Crippen LogP contribution in [0.4, 0.5) is 0 Å². The summed E-state index contributed by atoms with van der Waals surface area (Å²) >= 11 is 0. The monoisotopic (exact) mass is 235 g/mol. The van der Waals surface area contributed by atoms with Gasteiger partial charge >= 0.3 is 0 Å². The molecule has 17 heavy (non-hydrogen) atoms. The van der Waals surface area contributed by atoms with E-state index >= 15 is 0 Å². The van der Waals surface area contributed by atoms with E-state index in [1.165, 1.54) is 11.1 Å².